The molecule has 0 aliphatic heterocycles. The number of aryl methyl sites for hydroxylation is 2. The molecule has 1 aliphatic rings. The molecule has 4 rings (SSSR count). The van der Waals surface area contributed by atoms with Crippen molar-refractivity contribution in [1.29, 1.82) is 0 Å². The molecule has 132 valence electrons. The largest absolute Gasteiger partial charge is 0.326 e. The second-order valence-electron chi connectivity index (χ2n) is 6.60. The number of hydrogen-bond acceptors (Lipinski definition) is 4. The highest BCUT2D eigenvalue weighted by Gasteiger charge is 2.29. The topological polar surface area (TPSA) is 88.9 Å². The molecule has 2 heterocycles. The van der Waals surface area contributed by atoms with Gasteiger partial charge in [0.1, 0.15) is 0 Å². The van der Waals surface area contributed by atoms with Crippen molar-refractivity contribution in [2.24, 2.45) is 13.0 Å². The van der Waals surface area contributed by atoms with Crippen LogP contribution in [-0.2, 0) is 11.8 Å². The molecule has 7 heteroatoms. The zero-order valence-electron chi connectivity index (χ0n) is 14.6. The molecule has 0 saturated heterocycles. The Bertz CT molecular complexity index is 1000. The molecule has 1 fully saturated rings. The van der Waals surface area contributed by atoms with Crippen LogP contribution in [0.4, 0.5) is 11.4 Å². The van der Waals surface area contributed by atoms with Crippen molar-refractivity contribution in [2.75, 3.05) is 10.6 Å². The number of nitrogens with one attached hydrogen (secondary N) is 2. The number of anilines is 2. The number of carbonyl (C=O) groups is 2. The van der Waals surface area contributed by atoms with Gasteiger partial charge in [-0.1, -0.05) is 0 Å². The van der Waals surface area contributed by atoms with Crippen molar-refractivity contribution < 1.29 is 9.59 Å². The van der Waals surface area contributed by atoms with E-state index >= 15 is 0 Å². The van der Waals surface area contributed by atoms with Crippen LogP contribution in [0.1, 0.15) is 28.9 Å². The van der Waals surface area contributed by atoms with E-state index in [1.165, 1.54) is 0 Å². The van der Waals surface area contributed by atoms with E-state index in [4.69, 9.17) is 0 Å². The molecule has 0 atom stereocenters. The summed E-state index contributed by atoms with van der Waals surface area (Å²) in [6, 6.07) is 8.73. The molecule has 1 aromatic carbocycles. The van der Waals surface area contributed by atoms with Crippen LogP contribution in [0, 0.1) is 12.8 Å². The lowest BCUT2D eigenvalue weighted by Crippen LogP contribution is -2.14. The summed E-state index contributed by atoms with van der Waals surface area (Å²) in [5, 5.41) is 10.9. The smallest absolute Gasteiger partial charge is 0.255 e. The van der Waals surface area contributed by atoms with Crippen molar-refractivity contribution in [3.8, 4) is 0 Å². The Morgan fingerprint density at radius 1 is 1.12 bits per heavy atom. The van der Waals surface area contributed by atoms with Crippen LogP contribution in [0.25, 0.3) is 11.0 Å². The average Bonchev–Trinajstić information content (AvgIpc) is 3.43. The molecular formula is C19H19N5O2. The molecule has 1 aliphatic carbocycles. The number of benzene rings is 1. The van der Waals surface area contributed by atoms with Gasteiger partial charge in [0.05, 0.1) is 17.6 Å². The first-order chi connectivity index (χ1) is 12.5. The molecule has 3 aromatic rings. The van der Waals surface area contributed by atoms with Gasteiger partial charge in [0.2, 0.25) is 5.91 Å². The lowest BCUT2D eigenvalue weighted by molar-refractivity contribution is -0.117. The number of fused-ring (bicyclic) bond motifs is 1. The van der Waals surface area contributed by atoms with Gasteiger partial charge in [-0.25, -0.2) is 4.98 Å². The lowest BCUT2D eigenvalue weighted by Gasteiger charge is -2.07. The van der Waals surface area contributed by atoms with Crippen molar-refractivity contribution in [1.82, 2.24) is 14.8 Å². The van der Waals surface area contributed by atoms with Crippen LogP contribution in [-0.4, -0.2) is 26.6 Å². The van der Waals surface area contributed by atoms with E-state index < -0.39 is 0 Å². The van der Waals surface area contributed by atoms with Crippen molar-refractivity contribution in [3.05, 3.63) is 47.8 Å². The number of nitrogens with zero attached hydrogens (tertiary/aromatic N) is 3. The molecule has 0 spiro atoms. The third-order valence-corrected chi connectivity index (χ3v) is 4.48. The van der Waals surface area contributed by atoms with E-state index in [0.29, 0.717) is 16.9 Å². The number of hydrogen-bond donors (Lipinski definition) is 2. The fraction of sp³-hybridized carbons (Fsp3) is 0.263. The maximum Gasteiger partial charge on any atom is 0.255 e. The Hall–Kier alpha value is -3.22. The van der Waals surface area contributed by atoms with E-state index in [2.05, 4.69) is 20.7 Å². The molecule has 26 heavy (non-hydrogen) atoms. The highest BCUT2D eigenvalue weighted by atomic mass is 16.2. The van der Waals surface area contributed by atoms with Gasteiger partial charge in [0, 0.05) is 29.6 Å². The summed E-state index contributed by atoms with van der Waals surface area (Å²) in [5.74, 6) is -0.0301. The Labute approximate surface area is 150 Å². The van der Waals surface area contributed by atoms with E-state index in [9.17, 15) is 9.59 Å². The van der Waals surface area contributed by atoms with Crippen molar-refractivity contribution in [3.63, 3.8) is 0 Å². The molecule has 7 nitrogen and oxygen atoms in total. The van der Waals surface area contributed by atoms with Crippen LogP contribution in [0.5, 0.6) is 0 Å². The first-order valence-corrected chi connectivity index (χ1v) is 8.53. The predicted octanol–water partition coefficient (Wildman–Crippen LogP) is 2.88. The standard InChI is InChI=1S/C19H19N5O2/c1-11-16-9-15(10-20-17(16)24(2)23-11)22-19(26)13-5-7-14(8-6-13)21-18(25)12-3-4-12/h5-10,12H,3-4H2,1-2H3,(H,21,25)(H,22,26). The Kier molecular flexibility index (Phi) is 3.91. The first-order valence-electron chi connectivity index (χ1n) is 8.53. The third-order valence-electron chi connectivity index (χ3n) is 4.48. The van der Waals surface area contributed by atoms with Crippen LogP contribution in [0.2, 0.25) is 0 Å². The second-order valence-corrected chi connectivity index (χ2v) is 6.60. The van der Waals surface area contributed by atoms with Crippen molar-refractivity contribution in [2.45, 2.75) is 19.8 Å². The predicted molar refractivity (Wildman–Crippen MR) is 99.0 cm³/mol. The molecule has 2 amide bonds. The van der Waals surface area contributed by atoms with Crippen LogP contribution in [0.3, 0.4) is 0 Å². The third kappa shape index (κ3) is 3.15. The highest BCUT2D eigenvalue weighted by molar-refractivity contribution is 6.05. The molecule has 0 radical (unpaired) electrons. The van der Waals surface area contributed by atoms with Crippen LogP contribution in [0.15, 0.2) is 36.5 Å². The number of rotatable bonds is 4. The summed E-state index contributed by atoms with van der Waals surface area (Å²) in [5.41, 5.74) is 3.47. The summed E-state index contributed by atoms with van der Waals surface area (Å²) in [6.45, 7) is 1.91. The maximum absolute atomic E-state index is 12.4. The minimum Gasteiger partial charge on any atom is -0.326 e. The van der Waals surface area contributed by atoms with Gasteiger partial charge < -0.3 is 10.6 Å². The normalized spacial score (nSPS) is 13.6. The van der Waals surface area contributed by atoms with E-state index in [1.54, 1.807) is 35.1 Å². The molecule has 1 saturated carbocycles. The van der Waals surface area contributed by atoms with E-state index in [0.717, 1.165) is 29.6 Å². The van der Waals surface area contributed by atoms with E-state index in [-0.39, 0.29) is 17.7 Å². The fourth-order valence-corrected chi connectivity index (χ4v) is 2.87. The molecule has 2 aromatic heterocycles. The molecule has 0 bridgehead atoms. The SMILES string of the molecule is Cc1nn(C)c2ncc(NC(=O)c3ccc(NC(=O)C4CC4)cc3)cc12. The summed E-state index contributed by atoms with van der Waals surface area (Å²) in [6.07, 6.45) is 3.54. The average molecular weight is 349 g/mol. The molecule has 0 unspecified atom stereocenters. The number of aromatic nitrogens is 3. The number of pyridine rings is 1. The van der Waals surface area contributed by atoms with Gasteiger partial charge in [0.15, 0.2) is 5.65 Å². The highest BCUT2D eigenvalue weighted by Crippen LogP contribution is 2.30. The Balaban J connectivity index is 1.47. The van der Waals surface area contributed by atoms with Crippen molar-refractivity contribution >= 4 is 34.2 Å². The summed E-state index contributed by atoms with van der Waals surface area (Å²) in [4.78, 5) is 28.6. The second kappa shape index (κ2) is 6.25. The van der Waals surface area contributed by atoms with Gasteiger partial charge in [-0.2, -0.15) is 5.10 Å². The van der Waals surface area contributed by atoms with Crippen LogP contribution < -0.4 is 10.6 Å². The zero-order chi connectivity index (χ0) is 18.3. The van der Waals surface area contributed by atoms with Gasteiger partial charge in [-0.05, 0) is 50.1 Å². The minimum absolute atomic E-state index is 0.0495. The Morgan fingerprint density at radius 2 is 1.85 bits per heavy atom. The monoisotopic (exact) mass is 349 g/mol. The number of amides is 2. The minimum atomic E-state index is -0.229. The Morgan fingerprint density at radius 3 is 2.54 bits per heavy atom. The number of carbonyl (C=O) groups excluding carboxylic acids is 2. The quantitative estimate of drug-likeness (QED) is 0.758. The summed E-state index contributed by atoms with van der Waals surface area (Å²) >= 11 is 0. The summed E-state index contributed by atoms with van der Waals surface area (Å²) in [7, 11) is 1.84. The van der Waals surface area contributed by atoms with Gasteiger partial charge in [-0.3, -0.25) is 14.3 Å². The zero-order valence-corrected chi connectivity index (χ0v) is 14.6. The fourth-order valence-electron chi connectivity index (χ4n) is 2.87. The summed E-state index contributed by atoms with van der Waals surface area (Å²) < 4.78 is 1.71. The first kappa shape index (κ1) is 16.3. The van der Waals surface area contributed by atoms with Crippen LogP contribution >= 0.6 is 0 Å². The van der Waals surface area contributed by atoms with Gasteiger partial charge in [0.25, 0.3) is 5.91 Å². The van der Waals surface area contributed by atoms with Gasteiger partial charge >= 0.3 is 0 Å². The van der Waals surface area contributed by atoms with Gasteiger partial charge in [-0.15, -0.1) is 0 Å². The lowest BCUT2D eigenvalue weighted by atomic mass is 10.2. The molecular weight excluding hydrogens is 330 g/mol. The van der Waals surface area contributed by atoms with E-state index in [1.807, 2.05) is 20.0 Å². The maximum atomic E-state index is 12.4. The molecule has 2 N–H and O–H groups in total.